The number of furan rings is 1. The molecular formula is C27H32O8. The Labute approximate surface area is 204 Å². The van der Waals surface area contributed by atoms with Crippen LogP contribution in [0.2, 0.25) is 0 Å². The Kier molecular flexibility index (Phi) is 5.07. The van der Waals surface area contributed by atoms with Crippen molar-refractivity contribution in [3.8, 4) is 0 Å². The molecule has 1 spiro atoms. The highest BCUT2D eigenvalue weighted by molar-refractivity contribution is 6.03. The smallest absolute Gasteiger partial charge is 0.339 e. The first-order chi connectivity index (χ1) is 16.4. The van der Waals surface area contributed by atoms with E-state index in [1.165, 1.54) is 19.4 Å². The quantitative estimate of drug-likeness (QED) is 0.394. The molecular weight excluding hydrogens is 452 g/mol. The third-order valence-corrected chi connectivity index (χ3v) is 9.41. The Balaban J connectivity index is 1.72. The molecule has 1 aromatic rings. The van der Waals surface area contributed by atoms with Crippen molar-refractivity contribution in [2.75, 3.05) is 7.11 Å². The van der Waals surface area contributed by atoms with Gasteiger partial charge in [-0.25, -0.2) is 9.59 Å². The van der Waals surface area contributed by atoms with E-state index >= 15 is 0 Å². The summed E-state index contributed by atoms with van der Waals surface area (Å²) in [6.45, 7) is 9.46. The molecule has 35 heavy (non-hydrogen) atoms. The maximum atomic E-state index is 13.8. The molecule has 0 aromatic carbocycles. The van der Waals surface area contributed by atoms with Crippen molar-refractivity contribution in [1.29, 1.82) is 0 Å². The highest BCUT2D eigenvalue weighted by atomic mass is 16.7. The minimum atomic E-state index is -1.39. The lowest BCUT2D eigenvalue weighted by Gasteiger charge is -2.64. The minimum Gasteiger partial charge on any atom is -0.472 e. The van der Waals surface area contributed by atoms with Crippen LogP contribution in [0.4, 0.5) is 0 Å². The first kappa shape index (κ1) is 24.0. The van der Waals surface area contributed by atoms with E-state index < -0.39 is 57.9 Å². The topological polar surface area (TPSA) is 116 Å². The number of carbonyl (C=O) groups is 3. The van der Waals surface area contributed by atoms with Gasteiger partial charge in [0, 0.05) is 33.5 Å². The van der Waals surface area contributed by atoms with E-state index in [1.54, 1.807) is 18.4 Å². The van der Waals surface area contributed by atoms with Crippen molar-refractivity contribution >= 4 is 17.7 Å². The van der Waals surface area contributed by atoms with Crippen LogP contribution in [-0.2, 0) is 28.6 Å². The third kappa shape index (κ3) is 2.72. The monoisotopic (exact) mass is 484 g/mol. The van der Waals surface area contributed by atoms with Crippen molar-refractivity contribution in [2.24, 2.45) is 22.2 Å². The molecule has 1 N–H and O–H groups in total. The number of allylic oxidation sites excluding steroid dienone is 2. The lowest BCUT2D eigenvalue weighted by Crippen LogP contribution is -2.72. The SMILES string of the molecule is COC(=O)/C=C/[C@@]1(C)C(=C(C)C)C(=O)[C@H](O)[C@]2(C)[C@@H]1CC[C@@]1(C)[C@H](c3ccoc3)OC(=O)[C@H]3O[C@@]321. The summed E-state index contributed by atoms with van der Waals surface area (Å²) in [5.74, 6) is -1.75. The van der Waals surface area contributed by atoms with Crippen molar-refractivity contribution in [1.82, 2.24) is 0 Å². The van der Waals surface area contributed by atoms with Gasteiger partial charge in [0.1, 0.15) is 17.8 Å². The summed E-state index contributed by atoms with van der Waals surface area (Å²) < 4.78 is 22.3. The summed E-state index contributed by atoms with van der Waals surface area (Å²) in [6, 6.07) is 1.76. The molecule has 0 radical (unpaired) electrons. The Hall–Kier alpha value is -2.71. The van der Waals surface area contributed by atoms with Gasteiger partial charge in [0.25, 0.3) is 0 Å². The fourth-order valence-electron chi connectivity index (χ4n) is 7.97. The van der Waals surface area contributed by atoms with Crippen LogP contribution in [0.15, 0.2) is 46.3 Å². The van der Waals surface area contributed by atoms with Gasteiger partial charge < -0.3 is 23.7 Å². The molecule has 0 bridgehead atoms. The van der Waals surface area contributed by atoms with Crippen LogP contribution < -0.4 is 0 Å². The molecule has 188 valence electrons. The highest BCUT2D eigenvalue weighted by Crippen LogP contribution is 2.78. The van der Waals surface area contributed by atoms with E-state index in [2.05, 4.69) is 0 Å². The van der Waals surface area contributed by atoms with Crippen LogP contribution in [0.3, 0.4) is 0 Å². The number of ketones is 1. The van der Waals surface area contributed by atoms with E-state index in [0.29, 0.717) is 24.0 Å². The largest absolute Gasteiger partial charge is 0.472 e. The summed E-state index contributed by atoms with van der Waals surface area (Å²) in [6.07, 6.45) is 4.46. The Morgan fingerprint density at radius 2 is 1.91 bits per heavy atom. The van der Waals surface area contributed by atoms with Gasteiger partial charge in [0.05, 0.1) is 19.6 Å². The second-order valence-electron chi connectivity index (χ2n) is 11.2. The molecule has 2 aliphatic carbocycles. The fraction of sp³-hybridized carbons (Fsp3) is 0.593. The molecule has 8 nitrogen and oxygen atoms in total. The standard InChI is InChI=1S/C27H32O8/c1-14(2)18-19(29)20(30)26(5)16(24(18,3)10-8-17(28)32-6)7-11-25(4)21(15-9-12-33-13-15)34-23(31)22-27(25,26)35-22/h8-10,12-13,16,20-22,30H,7,11H2,1-6H3/b10-8+/t16-,20+,21+,22-,24-,25+,26+,27-/m1/s1. The van der Waals surface area contributed by atoms with Gasteiger partial charge in [-0.15, -0.1) is 0 Å². The van der Waals surface area contributed by atoms with Crippen LogP contribution in [0, 0.1) is 22.2 Å². The number of aliphatic hydroxyl groups excluding tert-OH is 1. The predicted molar refractivity (Wildman–Crippen MR) is 123 cm³/mol. The number of rotatable bonds is 3. The lowest BCUT2D eigenvalue weighted by atomic mass is 9.38. The average Bonchev–Trinajstić information content (AvgIpc) is 3.38. The van der Waals surface area contributed by atoms with Crippen LogP contribution in [0.5, 0.6) is 0 Å². The number of fused-ring (bicyclic) bond motifs is 1. The number of hydrogen-bond donors (Lipinski definition) is 1. The summed E-state index contributed by atoms with van der Waals surface area (Å²) in [7, 11) is 1.30. The van der Waals surface area contributed by atoms with Crippen LogP contribution in [-0.4, -0.2) is 47.7 Å². The van der Waals surface area contributed by atoms with Crippen molar-refractivity contribution in [2.45, 2.75) is 71.4 Å². The van der Waals surface area contributed by atoms with Crippen LogP contribution in [0.1, 0.15) is 59.1 Å². The number of Topliss-reactive ketones (excluding diaryl/α,β-unsaturated/α-hetero) is 1. The molecule has 2 aliphatic heterocycles. The zero-order valence-corrected chi connectivity index (χ0v) is 20.9. The second-order valence-corrected chi connectivity index (χ2v) is 11.2. The van der Waals surface area contributed by atoms with Crippen LogP contribution >= 0.6 is 0 Å². The molecule has 5 rings (SSSR count). The first-order valence-electron chi connectivity index (χ1n) is 12.0. The van der Waals surface area contributed by atoms with Gasteiger partial charge in [0.2, 0.25) is 0 Å². The number of ether oxygens (including phenoxy) is 3. The highest BCUT2D eigenvalue weighted by Gasteiger charge is 2.88. The summed E-state index contributed by atoms with van der Waals surface area (Å²) >= 11 is 0. The van der Waals surface area contributed by atoms with Crippen molar-refractivity contribution in [3.63, 3.8) is 0 Å². The van der Waals surface area contributed by atoms with Crippen molar-refractivity contribution < 1.29 is 38.1 Å². The van der Waals surface area contributed by atoms with Gasteiger partial charge in [-0.3, -0.25) is 4.79 Å². The fourth-order valence-corrected chi connectivity index (χ4v) is 7.97. The maximum Gasteiger partial charge on any atom is 0.339 e. The summed E-state index contributed by atoms with van der Waals surface area (Å²) in [5, 5.41) is 11.7. The molecule has 0 unspecified atom stereocenters. The third-order valence-electron chi connectivity index (χ3n) is 9.41. The molecule has 8 atom stereocenters. The number of methoxy groups -OCH3 is 1. The molecule has 4 fully saturated rings. The van der Waals surface area contributed by atoms with E-state index in [1.807, 2.05) is 34.6 Å². The summed E-state index contributed by atoms with van der Waals surface area (Å²) in [5.41, 5.74) is -1.89. The van der Waals surface area contributed by atoms with Gasteiger partial charge in [-0.1, -0.05) is 32.4 Å². The van der Waals surface area contributed by atoms with Gasteiger partial charge in [0.15, 0.2) is 11.9 Å². The molecule has 2 saturated heterocycles. The maximum absolute atomic E-state index is 13.8. The number of aliphatic hydroxyl groups is 1. The van der Waals surface area contributed by atoms with Crippen molar-refractivity contribution in [3.05, 3.63) is 47.5 Å². The first-order valence-corrected chi connectivity index (χ1v) is 12.0. The molecule has 2 saturated carbocycles. The predicted octanol–water partition coefficient (Wildman–Crippen LogP) is 3.45. The minimum absolute atomic E-state index is 0.303. The number of esters is 2. The zero-order valence-electron chi connectivity index (χ0n) is 20.9. The number of epoxide rings is 1. The Morgan fingerprint density at radius 1 is 1.20 bits per heavy atom. The van der Waals surface area contributed by atoms with Crippen LogP contribution in [0.25, 0.3) is 0 Å². The molecule has 3 heterocycles. The van der Waals surface area contributed by atoms with E-state index in [-0.39, 0.29) is 5.92 Å². The van der Waals surface area contributed by atoms with E-state index in [9.17, 15) is 19.5 Å². The zero-order chi connectivity index (χ0) is 25.6. The molecule has 8 heteroatoms. The summed E-state index contributed by atoms with van der Waals surface area (Å²) in [4.78, 5) is 39.0. The number of hydrogen-bond acceptors (Lipinski definition) is 8. The van der Waals surface area contributed by atoms with Gasteiger partial charge in [-0.05, 0) is 38.7 Å². The second kappa shape index (κ2) is 7.40. The molecule has 1 aromatic heterocycles. The Bertz CT molecular complexity index is 1160. The van der Waals surface area contributed by atoms with E-state index in [4.69, 9.17) is 18.6 Å². The molecule has 4 aliphatic rings. The van der Waals surface area contributed by atoms with Gasteiger partial charge >= 0.3 is 11.9 Å². The lowest BCUT2D eigenvalue weighted by molar-refractivity contribution is -0.218. The Morgan fingerprint density at radius 3 is 2.51 bits per heavy atom. The molecule has 0 amide bonds. The van der Waals surface area contributed by atoms with Gasteiger partial charge in [-0.2, -0.15) is 0 Å². The average molecular weight is 485 g/mol. The normalized spacial score (nSPS) is 44.3. The number of cyclic esters (lactones) is 1. The number of carbonyl (C=O) groups excluding carboxylic acids is 3. The van der Waals surface area contributed by atoms with E-state index in [0.717, 1.165) is 5.57 Å².